The Balaban J connectivity index is 1.47. The molecule has 0 saturated carbocycles. The van der Waals surface area contributed by atoms with Crippen LogP contribution >= 0.6 is 0 Å². The first-order valence-electron chi connectivity index (χ1n) is 25.4. The second kappa shape index (κ2) is 24.9. The summed E-state index contributed by atoms with van der Waals surface area (Å²) in [6.45, 7) is -0.293. The van der Waals surface area contributed by atoms with Crippen molar-refractivity contribution in [2.45, 2.75) is 6.92 Å². The molecule has 0 saturated heterocycles. The lowest BCUT2D eigenvalue weighted by Crippen LogP contribution is -2.15. The maximum Gasteiger partial charge on any atom is 0.200 e. The minimum absolute atomic E-state index is 0.293. The van der Waals surface area contributed by atoms with Gasteiger partial charge in [-0.05, 0) is 18.6 Å². The summed E-state index contributed by atoms with van der Waals surface area (Å²) in [6.07, 6.45) is 0. The molecular weight excluding hydrogens is 1490 g/mol. The van der Waals surface area contributed by atoms with E-state index in [1.54, 1.807) is 0 Å². The van der Waals surface area contributed by atoms with E-state index in [1.807, 2.05) is 0 Å². The Hall–Kier alpha value is -10.6. The lowest BCUT2D eigenvalue weighted by molar-refractivity contribution is 0.379. The zero-order valence-corrected chi connectivity index (χ0v) is 46.2. The number of hydrogen-bond donors (Lipinski definition) is 0. The summed E-state index contributed by atoms with van der Waals surface area (Å²) in [5.41, 5.74) is -63.9. The SMILES string of the molecule is Cc1c(F)c(-c2c(F)c(-c3c(F)c(F)c(-c4c(F)c(F)c(F)c(F)c4F)c(F)c3F)c(F)c(-c3c(F)c(-c4c(F)c(F)c(-c5cc(F)c(F)c(F)c5F)c(F)c4F)c(F)c(-c4c(F)c(F)c(-c5c(F)c(F)c(F)c(F)c5F)c(F)c4F)c3F)c2F)c(F)c(F)c1-c1c(F)c(F)c(F)c(F)c1F. The largest absolute Gasteiger partial charge is 0.206 e. The number of rotatable bonds is 9. The van der Waals surface area contributed by atoms with Gasteiger partial charge in [-0.25, -0.2) is 176 Å². The van der Waals surface area contributed by atoms with Crippen molar-refractivity contribution in [3.63, 3.8) is 0 Å². The van der Waals surface area contributed by atoms with Gasteiger partial charge < -0.3 is 0 Å². The second-order valence-electron chi connectivity index (χ2n) is 20.2. The van der Waals surface area contributed by atoms with E-state index in [0.717, 1.165) is 0 Å². The highest BCUT2D eigenvalue weighted by Crippen LogP contribution is 2.54. The first-order valence-corrected chi connectivity index (χ1v) is 25.4. The Kier molecular flexibility index (Phi) is 18.1. The quantitative estimate of drug-likeness (QED) is 0.0768. The van der Waals surface area contributed by atoms with Crippen LogP contribution in [0.1, 0.15) is 5.56 Å². The van der Waals surface area contributed by atoms with Gasteiger partial charge in [-0.3, -0.25) is 0 Å². The molecule has 0 aliphatic rings. The van der Waals surface area contributed by atoms with Crippen LogP contribution in [0.15, 0.2) is 6.07 Å². The molecule has 40 heteroatoms. The summed E-state index contributed by atoms with van der Waals surface area (Å²) >= 11 is 0. The van der Waals surface area contributed by atoms with E-state index < -0.39 is 344 Å². The zero-order chi connectivity index (χ0) is 75.8. The van der Waals surface area contributed by atoms with Gasteiger partial charge in [0, 0.05) is 11.1 Å². The molecule has 0 heterocycles. The van der Waals surface area contributed by atoms with Crippen LogP contribution in [-0.2, 0) is 0 Å². The third-order valence-corrected chi connectivity index (χ3v) is 15.0. The Labute approximate surface area is 526 Å². The Morgan fingerprint density at radius 3 is 0.455 bits per heavy atom. The molecule has 0 nitrogen and oxygen atoms in total. The normalized spacial score (nSPS) is 11.8. The van der Waals surface area contributed by atoms with Crippen LogP contribution in [0.5, 0.6) is 0 Å². The Morgan fingerprint density at radius 1 is 0.119 bits per heavy atom. The molecule has 0 aromatic heterocycles. The molecule has 0 spiro atoms. The molecule has 0 atom stereocenters. The predicted molar refractivity (Wildman–Crippen MR) is 258 cm³/mol. The molecule has 0 unspecified atom stereocenters. The standard InChI is InChI=1S/C61H4F40/c1-3-6(8-46(86)53(93)59(99)54(94)47(8)87)32(72)35(75)9(23(3)63)10-26(66)11(28(68)14(27(10)67)17-38(78)42(82)19(43(83)39(17)79)21-48(88)55(95)60(100)56(96)49(21)89)12-29(69)13(16-36(76)33(73)7(34(74)37(16)77)4-2-5(62)25(65)52(92)24(4)64)31(71)15(30(12)70)18-40(80)44(84)20(45(85)41(18)81)22-50(90)57(97)61(101)58(98)51(22)91/h2H,1H3. The van der Waals surface area contributed by atoms with E-state index >= 15 is 123 Å². The molecule has 0 amide bonds. The van der Waals surface area contributed by atoms with Crippen LogP contribution in [0.25, 0.3) is 100 Å². The van der Waals surface area contributed by atoms with Gasteiger partial charge in [0.25, 0.3) is 0 Å². The summed E-state index contributed by atoms with van der Waals surface area (Å²) in [4.78, 5) is 0. The molecule has 0 aliphatic carbocycles. The average molecular weight is 1500 g/mol. The van der Waals surface area contributed by atoms with Gasteiger partial charge in [0.2, 0.25) is 17.5 Å². The Bertz CT molecular complexity index is 5110. The van der Waals surface area contributed by atoms with Crippen molar-refractivity contribution in [1.29, 1.82) is 0 Å². The van der Waals surface area contributed by atoms with Crippen LogP contribution in [0.2, 0.25) is 0 Å². The fourth-order valence-electron chi connectivity index (χ4n) is 10.4. The summed E-state index contributed by atoms with van der Waals surface area (Å²) in [6, 6.07) is -0.898. The molecule has 0 radical (unpaired) electrons. The van der Waals surface area contributed by atoms with Crippen molar-refractivity contribution in [3.05, 3.63) is 244 Å². The molecule has 0 bridgehead atoms. The molecule has 10 rings (SSSR count). The topological polar surface area (TPSA) is 0 Å². The van der Waals surface area contributed by atoms with Gasteiger partial charge in [-0.15, -0.1) is 0 Å². The van der Waals surface area contributed by atoms with Crippen molar-refractivity contribution in [3.8, 4) is 100 Å². The summed E-state index contributed by atoms with van der Waals surface area (Å²) in [5.74, 6) is -144. The second-order valence-corrected chi connectivity index (χ2v) is 20.2. The molecular formula is C61H4F40. The van der Waals surface area contributed by atoms with Crippen molar-refractivity contribution in [1.82, 2.24) is 0 Å². The van der Waals surface area contributed by atoms with Crippen LogP contribution < -0.4 is 0 Å². The highest BCUT2D eigenvalue weighted by Gasteiger charge is 2.46. The Morgan fingerprint density at radius 2 is 0.248 bits per heavy atom. The molecule has 0 fully saturated rings. The van der Waals surface area contributed by atoms with Gasteiger partial charge in [-0.1, -0.05) is 0 Å². The minimum atomic E-state index is -4.20. The highest BCUT2D eigenvalue weighted by atomic mass is 19.2. The minimum Gasteiger partial charge on any atom is -0.206 e. The fraction of sp³-hybridized carbons (Fsp3) is 0.0164. The number of halogens is 40. The average Bonchev–Trinajstić information content (AvgIpc) is 0.751. The maximum absolute atomic E-state index is 18.0. The van der Waals surface area contributed by atoms with E-state index in [1.165, 1.54) is 0 Å². The van der Waals surface area contributed by atoms with E-state index in [9.17, 15) is 52.7 Å². The van der Waals surface area contributed by atoms with Crippen LogP contribution in [0.3, 0.4) is 0 Å². The van der Waals surface area contributed by atoms with Crippen molar-refractivity contribution in [2.75, 3.05) is 0 Å². The van der Waals surface area contributed by atoms with E-state index in [0.29, 0.717) is 0 Å². The summed E-state index contributed by atoms with van der Waals surface area (Å²) < 4.78 is 631. The van der Waals surface area contributed by atoms with Gasteiger partial charge in [0.1, 0.15) is 40.7 Å². The monoisotopic (exact) mass is 1500 g/mol. The summed E-state index contributed by atoms with van der Waals surface area (Å²) in [5, 5.41) is 0. The van der Waals surface area contributed by atoms with Crippen molar-refractivity contribution < 1.29 is 176 Å². The third kappa shape index (κ3) is 9.99. The maximum atomic E-state index is 18.0. The lowest BCUT2D eigenvalue weighted by Gasteiger charge is -2.23. The molecule has 0 aliphatic heterocycles. The van der Waals surface area contributed by atoms with Crippen LogP contribution in [0, 0.1) is 240 Å². The third-order valence-electron chi connectivity index (χ3n) is 15.0. The van der Waals surface area contributed by atoms with Gasteiger partial charge in [0.05, 0.1) is 89.0 Å². The predicted octanol–water partition coefficient (Wildman–Crippen LogP) is 22.6. The zero-order valence-electron chi connectivity index (χ0n) is 46.2. The molecule has 101 heavy (non-hydrogen) atoms. The molecule has 10 aromatic carbocycles. The van der Waals surface area contributed by atoms with Gasteiger partial charge in [-0.2, -0.15) is 0 Å². The lowest BCUT2D eigenvalue weighted by atomic mass is 9.84. The van der Waals surface area contributed by atoms with Crippen molar-refractivity contribution in [2.24, 2.45) is 0 Å². The van der Waals surface area contributed by atoms with Crippen LogP contribution in [-0.4, -0.2) is 0 Å². The van der Waals surface area contributed by atoms with Gasteiger partial charge in [0.15, 0.2) is 175 Å². The van der Waals surface area contributed by atoms with Crippen molar-refractivity contribution >= 4 is 0 Å². The summed E-state index contributed by atoms with van der Waals surface area (Å²) in [7, 11) is 0. The van der Waals surface area contributed by atoms with E-state index in [-0.39, 0.29) is 6.92 Å². The molecule has 10 aromatic rings. The number of benzene rings is 10. The fourth-order valence-corrected chi connectivity index (χ4v) is 10.4. The molecule has 0 N–H and O–H groups in total. The van der Waals surface area contributed by atoms with Gasteiger partial charge >= 0.3 is 0 Å². The molecule has 528 valence electrons. The van der Waals surface area contributed by atoms with E-state index in [4.69, 9.17) is 0 Å². The van der Waals surface area contributed by atoms with E-state index in [2.05, 4.69) is 0 Å². The number of hydrogen-bond acceptors (Lipinski definition) is 0. The smallest absolute Gasteiger partial charge is 0.200 e. The highest BCUT2D eigenvalue weighted by molar-refractivity contribution is 5.92. The first-order chi connectivity index (χ1) is 46.8. The first kappa shape index (κ1) is 73.1. The van der Waals surface area contributed by atoms with Crippen LogP contribution in [0.4, 0.5) is 176 Å².